The molecule has 2 aromatic rings. The number of benzene rings is 2. The van der Waals surface area contributed by atoms with Gasteiger partial charge in [-0.2, -0.15) is 8.42 Å². The van der Waals surface area contributed by atoms with Gasteiger partial charge in [0.2, 0.25) is 0 Å². The van der Waals surface area contributed by atoms with Gasteiger partial charge in [-0.25, -0.2) is 0 Å². The van der Waals surface area contributed by atoms with E-state index < -0.39 is 10.1 Å². The predicted molar refractivity (Wildman–Crippen MR) is 121 cm³/mol. The number of hydrogen-bond donors (Lipinski definition) is 0. The molecular weight excluding hydrogens is 453 g/mol. The van der Waals surface area contributed by atoms with E-state index in [1.165, 1.54) is 0 Å². The van der Waals surface area contributed by atoms with E-state index in [0.29, 0.717) is 23.5 Å². The first-order valence-corrected chi connectivity index (χ1v) is 12.1. The van der Waals surface area contributed by atoms with Crippen LogP contribution >= 0.6 is 0 Å². The second kappa shape index (κ2) is 13.7. The molecule has 180 valence electrons. The number of ether oxygens (including phenoxy) is 2. The van der Waals surface area contributed by atoms with Gasteiger partial charge in [0.05, 0.1) is 12.9 Å². The van der Waals surface area contributed by atoms with Gasteiger partial charge in [0, 0.05) is 36.7 Å². The molecule has 8 nitrogen and oxygen atoms in total. The number of carbonyl (C=O) groups excluding carboxylic acids is 2. The number of aldehydes is 2. The number of alkyl halides is 1. The summed E-state index contributed by atoms with van der Waals surface area (Å²) in [7, 11) is -3.42. The summed E-state index contributed by atoms with van der Waals surface area (Å²) in [6, 6.07) is 13.5. The van der Waals surface area contributed by atoms with E-state index in [4.69, 9.17) is 9.47 Å². The summed E-state index contributed by atoms with van der Waals surface area (Å²) < 4.78 is 48.6. The Kier molecular flexibility index (Phi) is 10.9. The van der Waals surface area contributed by atoms with E-state index in [1.54, 1.807) is 48.5 Å². The Labute approximate surface area is 193 Å². The van der Waals surface area contributed by atoms with Crippen LogP contribution in [0.4, 0.5) is 4.39 Å². The van der Waals surface area contributed by atoms with Crippen LogP contribution in [0.1, 0.15) is 20.7 Å². The van der Waals surface area contributed by atoms with Gasteiger partial charge < -0.3 is 9.47 Å². The molecule has 1 saturated heterocycles. The highest BCUT2D eigenvalue weighted by Gasteiger charge is 2.25. The fraction of sp³-hybridized carbons (Fsp3) is 0.391. The largest absolute Gasteiger partial charge is 0.492 e. The summed E-state index contributed by atoms with van der Waals surface area (Å²) in [4.78, 5) is 23.0. The summed E-state index contributed by atoms with van der Waals surface area (Å²) in [5, 5.41) is 0. The van der Waals surface area contributed by atoms with Crippen LogP contribution in [-0.4, -0.2) is 78.3 Å². The highest BCUT2D eigenvalue weighted by molar-refractivity contribution is 7.85. The van der Waals surface area contributed by atoms with Crippen molar-refractivity contribution in [3.8, 4) is 11.5 Å². The lowest BCUT2D eigenvalue weighted by molar-refractivity contribution is 0.0668. The maximum absolute atomic E-state index is 12.2. The number of halogens is 1. The normalized spacial score (nSPS) is 13.9. The molecule has 3 rings (SSSR count). The van der Waals surface area contributed by atoms with Gasteiger partial charge in [-0.3, -0.25) is 23.1 Å². The molecule has 1 aliphatic heterocycles. The molecular formula is C23H28FNO7S. The van der Waals surface area contributed by atoms with E-state index in [1.807, 2.05) is 0 Å². The highest BCUT2D eigenvalue weighted by Crippen LogP contribution is 2.16. The minimum Gasteiger partial charge on any atom is -0.492 e. The molecule has 0 aliphatic carbocycles. The first kappa shape index (κ1) is 26.4. The third-order valence-corrected chi connectivity index (χ3v) is 5.20. The Morgan fingerprint density at radius 3 is 1.79 bits per heavy atom. The van der Waals surface area contributed by atoms with E-state index in [0.717, 1.165) is 44.2 Å². The van der Waals surface area contributed by atoms with Gasteiger partial charge in [0.1, 0.15) is 43.9 Å². The predicted octanol–water partition coefficient (Wildman–Crippen LogP) is 2.63. The lowest BCUT2D eigenvalue weighted by Crippen LogP contribution is -2.49. The molecule has 0 unspecified atom stereocenters. The van der Waals surface area contributed by atoms with Gasteiger partial charge in [0.15, 0.2) is 0 Å². The third kappa shape index (κ3) is 10.6. The summed E-state index contributed by atoms with van der Waals surface area (Å²) in [6.45, 7) is 2.98. The van der Waals surface area contributed by atoms with E-state index in [-0.39, 0.29) is 25.8 Å². The fourth-order valence-corrected chi connectivity index (χ4v) is 3.25. The van der Waals surface area contributed by atoms with E-state index >= 15 is 0 Å². The van der Waals surface area contributed by atoms with E-state index in [9.17, 15) is 22.4 Å². The smallest absolute Gasteiger partial charge is 0.264 e. The molecule has 0 amide bonds. The van der Waals surface area contributed by atoms with Crippen molar-refractivity contribution >= 4 is 22.7 Å². The van der Waals surface area contributed by atoms with Crippen LogP contribution in [0, 0.1) is 5.92 Å². The molecule has 1 heterocycles. The van der Waals surface area contributed by atoms with Crippen molar-refractivity contribution in [3.63, 3.8) is 0 Å². The standard InChI is InChI=1S/C13H16FNO2.C10H12O5S/c14-7-12-8-15(9-12)5-6-17-13-3-1-11(10-16)2-4-13;1-16(12,13)15-7-6-14-10-4-2-9(8-11)3-5-10/h1-4,10,12H,5-9H2;2-5,8H,6-7H2,1H3. The topological polar surface area (TPSA) is 99.2 Å². The second-order valence-corrected chi connectivity index (χ2v) is 9.02. The number of hydrogen-bond acceptors (Lipinski definition) is 8. The zero-order chi connectivity index (χ0) is 24.1. The van der Waals surface area contributed by atoms with Crippen LogP contribution in [0.2, 0.25) is 0 Å². The van der Waals surface area contributed by atoms with Crippen LogP contribution in [0.3, 0.4) is 0 Å². The monoisotopic (exact) mass is 481 g/mol. The molecule has 10 heteroatoms. The minimum atomic E-state index is -3.42. The fourth-order valence-electron chi connectivity index (χ4n) is 2.88. The van der Waals surface area contributed by atoms with E-state index in [2.05, 4.69) is 9.08 Å². The highest BCUT2D eigenvalue weighted by atomic mass is 32.2. The van der Waals surface area contributed by atoms with Gasteiger partial charge >= 0.3 is 0 Å². The maximum atomic E-state index is 12.2. The molecule has 2 aromatic carbocycles. The van der Waals surface area contributed by atoms with Crippen molar-refractivity contribution in [2.24, 2.45) is 5.92 Å². The molecule has 0 N–H and O–H groups in total. The summed E-state index contributed by atoms with van der Waals surface area (Å²) in [5.74, 6) is 1.54. The van der Waals surface area contributed by atoms with Crippen molar-refractivity contribution in [2.45, 2.75) is 0 Å². The van der Waals surface area contributed by atoms with Crippen molar-refractivity contribution in [1.82, 2.24) is 4.90 Å². The lowest BCUT2D eigenvalue weighted by atomic mass is 10.0. The maximum Gasteiger partial charge on any atom is 0.264 e. The van der Waals surface area contributed by atoms with Crippen molar-refractivity contribution in [1.29, 1.82) is 0 Å². The molecule has 1 fully saturated rings. The molecule has 0 atom stereocenters. The molecule has 0 spiro atoms. The lowest BCUT2D eigenvalue weighted by Gasteiger charge is -2.37. The summed E-state index contributed by atoms with van der Waals surface area (Å²) >= 11 is 0. The SMILES string of the molecule is CS(=O)(=O)OCCOc1ccc(C=O)cc1.O=Cc1ccc(OCCN2CC(CF)C2)cc1. The molecule has 0 bridgehead atoms. The van der Waals surface area contributed by atoms with Crippen molar-refractivity contribution in [3.05, 3.63) is 59.7 Å². The van der Waals surface area contributed by atoms with Gasteiger partial charge in [0.25, 0.3) is 10.1 Å². The average molecular weight is 482 g/mol. The zero-order valence-corrected chi connectivity index (χ0v) is 19.2. The number of nitrogens with zero attached hydrogens (tertiary/aromatic N) is 1. The summed E-state index contributed by atoms with van der Waals surface area (Å²) in [5.41, 5.74) is 1.20. The molecule has 0 saturated carbocycles. The van der Waals surface area contributed by atoms with Gasteiger partial charge in [-0.1, -0.05) is 0 Å². The average Bonchev–Trinajstić information content (AvgIpc) is 2.79. The van der Waals surface area contributed by atoms with Crippen LogP contribution in [0.25, 0.3) is 0 Å². The Balaban J connectivity index is 0.000000234. The molecule has 33 heavy (non-hydrogen) atoms. The zero-order valence-electron chi connectivity index (χ0n) is 18.4. The van der Waals surface area contributed by atoms with Gasteiger partial charge in [-0.15, -0.1) is 0 Å². The van der Waals surface area contributed by atoms with Crippen LogP contribution in [0.15, 0.2) is 48.5 Å². The van der Waals surface area contributed by atoms with Crippen molar-refractivity contribution < 1.29 is 36.1 Å². The first-order chi connectivity index (χ1) is 15.8. The Morgan fingerprint density at radius 2 is 1.36 bits per heavy atom. The Morgan fingerprint density at radius 1 is 0.879 bits per heavy atom. The third-order valence-electron chi connectivity index (χ3n) is 4.61. The van der Waals surface area contributed by atoms with Gasteiger partial charge in [-0.05, 0) is 48.5 Å². The Bertz CT molecular complexity index is 959. The number of carbonyl (C=O) groups is 2. The second-order valence-electron chi connectivity index (χ2n) is 7.38. The van der Waals surface area contributed by atoms with Crippen molar-refractivity contribution in [2.75, 3.05) is 52.4 Å². The minimum absolute atomic E-state index is 0.0335. The van der Waals surface area contributed by atoms with Crippen LogP contribution < -0.4 is 9.47 Å². The molecule has 1 aliphatic rings. The number of rotatable bonds is 12. The number of likely N-dealkylation sites (tertiary alicyclic amines) is 1. The molecule has 0 radical (unpaired) electrons. The van der Waals surface area contributed by atoms with Crippen LogP contribution in [0.5, 0.6) is 11.5 Å². The first-order valence-electron chi connectivity index (χ1n) is 10.3. The Hall–Kier alpha value is -2.82. The molecule has 0 aromatic heterocycles. The van der Waals surface area contributed by atoms with Crippen LogP contribution in [-0.2, 0) is 14.3 Å². The quantitative estimate of drug-likeness (QED) is 0.259. The summed E-state index contributed by atoms with van der Waals surface area (Å²) in [6.07, 6.45) is 2.52.